The van der Waals surface area contributed by atoms with Gasteiger partial charge in [-0.3, -0.25) is 0 Å². The van der Waals surface area contributed by atoms with E-state index in [1.807, 2.05) is 12.1 Å². The number of hydrogen-bond donors (Lipinski definition) is 2. The third-order valence-electron chi connectivity index (χ3n) is 2.59. The molecule has 0 saturated heterocycles. The van der Waals surface area contributed by atoms with Crippen LogP contribution in [-0.4, -0.2) is 11.7 Å². The first-order valence-corrected chi connectivity index (χ1v) is 4.28. The summed E-state index contributed by atoms with van der Waals surface area (Å²) >= 11 is 0. The summed E-state index contributed by atoms with van der Waals surface area (Å²) in [4.78, 5) is 0. The van der Waals surface area contributed by atoms with Crippen molar-refractivity contribution >= 4 is 0 Å². The van der Waals surface area contributed by atoms with E-state index in [2.05, 4.69) is 12.1 Å². The molecule has 0 unspecified atom stereocenters. The Balaban J connectivity index is 2.43. The van der Waals surface area contributed by atoms with Crippen LogP contribution >= 0.6 is 0 Å². The van der Waals surface area contributed by atoms with Crippen molar-refractivity contribution in [3.63, 3.8) is 0 Å². The molecule has 2 rings (SSSR count). The number of nitrogens with two attached hydrogens (primary N) is 1. The Bertz CT molecular complexity index is 285. The zero-order chi connectivity index (χ0) is 8.55. The van der Waals surface area contributed by atoms with Crippen LogP contribution in [0.15, 0.2) is 24.3 Å². The molecule has 0 bridgehead atoms. The third kappa shape index (κ3) is 1.04. The van der Waals surface area contributed by atoms with Gasteiger partial charge in [-0.2, -0.15) is 0 Å². The maximum Gasteiger partial charge on any atom is 0.0500 e. The average Bonchev–Trinajstić information content (AvgIpc) is 2.44. The van der Waals surface area contributed by atoms with Gasteiger partial charge in [0.15, 0.2) is 0 Å². The highest BCUT2D eigenvalue weighted by Gasteiger charge is 2.26. The first-order chi connectivity index (χ1) is 5.83. The number of rotatable bonds is 1. The molecule has 0 amide bonds. The van der Waals surface area contributed by atoms with Gasteiger partial charge in [0, 0.05) is 12.0 Å². The van der Waals surface area contributed by atoms with Crippen LogP contribution in [0.25, 0.3) is 0 Å². The lowest BCUT2D eigenvalue weighted by molar-refractivity contribution is 0.261. The van der Waals surface area contributed by atoms with Gasteiger partial charge in [-0.1, -0.05) is 24.3 Å². The molecule has 0 heterocycles. The monoisotopic (exact) mass is 163 g/mol. The van der Waals surface area contributed by atoms with Crippen LogP contribution in [0.4, 0.5) is 0 Å². The topological polar surface area (TPSA) is 46.2 Å². The Morgan fingerprint density at radius 2 is 2.00 bits per heavy atom. The van der Waals surface area contributed by atoms with Crippen molar-refractivity contribution in [3.05, 3.63) is 35.4 Å². The number of benzene rings is 1. The molecule has 0 saturated carbocycles. The molecule has 1 aromatic carbocycles. The number of aliphatic hydroxyl groups is 1. The molecular weight excluding hydrogens is 150 g/mol. The van der Waals surface area contributed by atoms with Crippen LogP contribution in [0.5, 0.6) is 0 Å². The summed E-state index contributed by atoms with van der Waals surface area (Å²) < 4.78 is 0. The predicted octanol–water partition coefficient (Wildman–Crippen LogP) is 1.17. The standard InChI is InChI=1S/C10H13NO/c11-10-5-7(6-12)8-3-1-2-4-9(8)10/h1-4,7,10,12H,5-6,11H2/t7-,10-/m0/s1. The molecule has 2 heteroatoms. The smallest absolute Gasteiger partial charge is 0.0500 e. The van der Waals surface area contributed by atoms with Gasteiger partial charge in [-0.25, -0.2) is 0 Å². The quantitative estimate of drug-likeness (QED) is 0.652. The van der Waals surface area contributed by atoms with Gasteiger partial charge in [-0.05, 0) is 17.5 Å². The molecule has 1 aliphatic carbocycles. The summed E-state index contributed by atoms with van der Waals surface area (Å²) in [6, 6.07) is 8.23. The van der Waals surface area contributed by atoms with Gasteiger partial charge in [0.1, 0.15) is 0 Å². The summed E-state index contributed by atoms with van der Waals surface area (Å²) in [6.07, 6.45) is 0.885. The number of fused-ring (bicyclic) bond motifs is 1. The minimum atomic E-state index is 0.123. The summed E-state index contributed by atoms with van der Waals surface area (Å²) in [7, 11) is 0. The van der Waals surface area contributed by atoms with Gasteiger partial charge in [0.25, 0.3) is 0 Å². The fourth-order valence-electron chi connectivity index (χ4n) is 1.95. The van der Waals surface area contributed by atoms with Crippen LogP contribution in [0.2, 0.25) is 0 Å². The number of aliphatic hydroxyl groups excluding tert-OH is 1. The normalized spacial score (nSPS) is 27.2. The van der Waals surface area contributed by atoms with E-state index in [0.717, 1.165) is 6.42 Å². The lowest BCUT2D eigenvalue weighted by Crippen LogP contribution is -2.06. The molecule has 0 spiro atoms. The zero-order valence-corrected chi connectivity index (χ0v) is 6.90. The van der Waals surface area contributed by atoms with E-state index in [0.29, 0.717) is 0 Å². The minimum Gasteiger partial charge on any atom is -0.396 e. The largest absolute Gasteiger partial charge is 0.396 e. The molecule has 0 aliphatic heterocycles. The first kappa shape index (κ1) is 7.77. The van der Waals surface area contributed by atoms with E-state index in [-0.39, 0.29) is 18.6 Å². The number of hydrogen-bond acceptors (Lipinski definition) is 2. The second-order valence-corrected chi connectivity index (χ2v) is 3.35. The van der Waals surface area contributed by atoms with Gasteiger partial charge in [0.2, 0.25) is 0 Å². The Morgan fingerprint density at radius 3 is 2.67 bits per heavy atom. The van der Waals surface area contributed by atoms with Gasteiger partial charge in [-0.15, -0.1) is 0 Å². The Hall–Kier alpha value is -0.860. The van der Waals surface area contributed by atoms with E-state index in [4.69, 9.17) is 10.8 Å². The van der Waals surface area contributed by atoms with Crippen molar-refractivity contribution in [1.29, 1.82) is 0 Å². The second kappa shape index (κ2) is 2.88. The zero-order valence-electron chi connectivity index (χ0n) is 6.90. The molecular formula is C10H13NO. The van der Waals surface area contributed by atoms with Crippen molar-refractivity contribution in [2.24, 2.45) is 5.73 Å². The summed E-state index contributed by atoms with van der Waals surface area (Å²) in [5.74, 6) is 0.260. The fraction of sp³-hybridized carbons (Fsp3) is 0.400. The Kier molecular flexibility index (Phi) is 1.87. The van der Waals surface area contributed by atoms with Crippen LogP contribution in [0.3, 0.4) is 0 Å². The lowest BCUT2D eigenvalue weighted by atomic mass is 10.0. The van der Waals surface area contributed by atoms with Crippen LogP contribution in [0, 0.1) is 0 Å². The predicted molar refractivity (Wildman–Crippen MR) is 47.8 cm³/mol. The van der Waals surface area contributed by atoms with E-state index in [1.165, 1.54) is 11.1 Å². The Labute approximate surface area is 72.0 Å². The maximum atomic E-state index is 9.08. The molecule has 0 radical (unpaired) electrons. The highest BCUT2D eigenvalue weighted by Crippen LogP contribution is 2.37. The molecule has 2 nitrogen and oxygen atoms in total. The molecule has 64 valence electrons. The minimum absolute atomic E-state index is 0.123. The van der Waals surface area contributed by atoms with Crippen molar-refractivity contribution in [3.8, 4) is 0 Å². The molecule has 12 heavy (non-hydrogen) atoms. The summed E-state index contributed by atoms with van der Waals surface area (Å²) in [5, 5.41) is 9.08. The fourth-order valence-corrected chi connectivity index (χ4v) is 1.95. The second-order valence-electron chi connectivity index (χ2n) is 3.35. The van der Waals surface area contributed by atoms with E-state index >= 15 is 0 Å². The van der Waals surface area contributed by atoms with E-state index in [9.17, 15) is 0 Å². The van der Waals surface area contributed by atoms with Crippen LogP contribution in [-0.2, 0) is 0 Å². The van der Waals surface area contributed by atoms with Crippen LogP contribution in [0.1, 0.15) is 29.5 Å². The van der Waals surface area contributed by atoms with Gasteiger partial charge < -0.3 is 10.8 Å². The molecule has 1 aromatic rings. The van der Waals surface area contributed by atoms with Gasteiger partial charge >= 0.3 is 0 Å². The first-order valence-electron chi connectivity index (χ1n) is 4.28. The Morgan fingerprint density at radius 1 is 1.33 bits per heavy atom. The third-order valence-corrected chi connectivity index (χ3v) is 2.59. The summed E-state index contributed by atoms with van der Waals surface area (Å²) in [5.41, 5.74) is 8.34. The van der Waals surface area contributed by atoms with E-state index < -0.39 is 0 Å². The average molecular weight is 163 g/mol. The molecule has 0 aromatic heterocycles. The highest BCUT2D eigenvalue weighted by atomic mass is 16.3. The van der Waals surface area contributed by atoms with Crippen molar-refractivity contribution in [2.75, 3.05) is 6.61 Å². The van der Waals surface area contributed by atoms with Crippen molar-refractivity contribution < 1.29 is 5.11 Å². The van der Waals surface area contributed by atoms with E-state index in [1.54, 1.807) is 0 Å². The highest BCUT2D eigenvalue weighted by molar-refractivity contribution is 5.37. The molecule has 2 atom stereocenters. The van der Waals surface area contributed by atoms with Gasteiger partial charge in [0.05, 0.1) is 6.61 Å². The summed E-state index contributed by atoms with van der Waals surface area (Å²) in [6.45, 7) is 0.213. The lowest BCUT2D eigenvalue weighted by Gasteiger charge is -2.05. The molecule has 3 N–H and O–H groups in total. The van der Waals surface area contributed by atoms with Crippen molar-refractivity contribution in [2.45, 2.75) is 18.4 Å². The van der Waals surface area contributed by atoms with Crippen LogP contribution < -0.4 is 5.73 Å². The molecule has 1 aliphatic rings. The SMILES string of the molecule is N[C@H]1C[C@@H](CO)c2ccccc21. The maximum absolute atomic E-state index is 9.08. The van der Waals surface area contributed by atoms with Crippen molar-refractivity contribution in [1.82, 2.24) is 0 Å². The molecule has 0 fully saturated rings.